The van der Waals surface area contributed by atoms with Crippen molar-refractivity contribution in [1.82, 2.24) is 9.55 Å². The van der Waals surface area contributed by atoms with Gasteiger partial charge >= 0.3 is 5.69 Å². The molecule has 1 heterocycles. The number of benzene rings is 1. The Kier molecular flexibility index (Phi) is 3.62. The van der Waals surface area contributed by atoms with Gasteiger partial charge in [-0.2, -0.15) is 5.26 Å². The lowest BCUT2D eigenvalue weighted by molar-refractivity contribution is 0.101. The lowest BCUT2D eigenvalue weighted by Gasteiger charge is -2.06. The molecule has 1 N–H and O–H groups in total. The fourth-order valence-electron chi connectivity index (χ4n) is 1.77. The normalized spacial score (nSPS) is 10.0. The highest BCUT2D eigenvalue weighted by Gasteiger charge is 2.11. The predicted molar refractivity (Wildman–Crippen MR) is 71.6 cm³/mol. The maximum Gasteiger partial charge on any atom is 0.328 e. The van der Waals surface area contributed by atoms with Gasteiger partial charge in [-0.15, -0.1) is 0 Å². The molecule has 1 aromatic carbocycles. The molecule has 2 aromatic rings. The second-order valence-electron chi connectivity index (χ2n) is 4.26. The van der Waals surface area contributed by atoms with Crippen LogP contribution in [0.25, 0.3) is 0 Å². The molecule has 0 aliphatic heterocycles. The average Bonchev–Trinajstić information content (AvgIpc) is 2.43. The largest absolute Gasteiger partial charge is 0.328 e. The Hall–Kier alpha value is -2.94. The van der Waals surface area contributed by atoms with Crippen LogP contribution < -0.4 is 11.2 Å². The van der Waals surface area contributed by atoms with E-state index in [1.807, 2.05) is 6.07 Å². The van der Waals surface area contributed by atoms with E-state index in [2.05, 4.69) is 4.98 Å². The number of nitrogens with zero attached hydrogens (tertiary/aromatic N) is 2. The Balaban J connectivity index is 2.45. The van der Waals surface area contributed by atoms with Crippen molar-refractivity contribution < 1.29 is 4.79 Å². The molecule has 0 radical (unpaired) electrons. The monoisotopic (exact) mass is 269 g/mol. The number of nitriles is 1. The van der Waals surface area contributed by atoms with Crippen LogP contribution >= 0.6 is 0 Å². The van der Waals surface area contributed by atoms with Crippen molar-refractivity contribution in [3.8, 4) is 6.07 Å². The predicted octanol–water partition coefficient (Wildman–Crippen LogP) is 0.659. The van der Waals surface area contributed by atoms with E-state index in [-0.39, 0.29) is 12.1 Å². The van der Waals surface area contributed by atoms with Crippen molar-refractivity contribution in [2.75, 3.05) is 0 Å². The summed E-state index contributed by atoms with van der Waals surface area (Å²) in [6.45, 7) is 1.31. The van der Waals surface area contributed by atoms with Crippen molar-refractivity contribution in [2.45, 2.75) is 13.5 Å². The quantitative estimate of drug-likeness (QED) is 0.828. The molecule has 1 aromatic heterocycles. The van der Waals surface area contributed by atoms with Crippen LogP contribution in [0, 0.1) is 11.3 Å². The third kappa shape index (κ3) is 2.57. The fourth-order valence-corrected chi connectivity index (χ4v) is 1.77. The van der Waals surface area contributed by atoms with Crippen LogP contribution in [0.4, 0.5) is 0 Å². The number of H-pyrrole nitrogens is 1. The molecule has 2 rings (SSSR count). The summed E-state index contributed by atoms with van der Waals surface area (Å²) in [6, 6.07) is 8.50. The molecule has 6 heteroatoms. The number of rotatable bonds is 3. The van der Waals surface area contributed by atoms with E-state index >= 15 is 0 Å². The zero-order valence-corrected chi connectivity index (χ0v) is 10.7. The minimum absolute atomic E-state index is 0.0427. The van der Waals surface area contributed by atoms with E-state index < -0.39 is 17.0 Å². The highest BCUT2D eigenvalue weighted by Crippen LogP contribution is 2.03. The van der Waals surface area contributed by atoms with Crippen molar-refractivity contribution in [2.24, 2.45) is 0 Å². The Morgan fingerprint density at radius 2 is 1.95 bits per heavy atom. The molecule has 6 nitrogen and oxygen atoms in total. The Labute approximate surface area is 113 Å². The van der Waals surface area contributed by atoms with E-state index in [1.165, 1.54) is 6.92 Å². The van der Waals surface area contributed by atoms with Gasteiger partial charge in [-0.3, -0.25) is 14.2 Å². The smallest absolute Gasteiger partial charge is 0.313 e. The lowest BCUT2D eigenvalue weighted by atomic mass is 10.1. The highest BCUT2D eigenvalue weighted by atomic mass is 16.2. The maximum atomic E-state index is 12.0. The number of nitrogens with one attached hydrogen (secondary N) is 1. The number of hydrogen-bond acceptors (Lipinski definition) is 4. The Bertz CT molecular complexity index is 807. The molecule has 0 unspecified atom stereocenters. The van der Waals surface area contributed by atoms with E-state index in [0.717, 1.165) is 10.8 Å². The van der Waals surface area contributed by atoms with Crippen LogP contribution in [0.1, 0.15) is 28.4 Å². The zero-order valence-electron chi connectivity index (χ0n) is 10.7. The first-order chi connectivity index (χ1) is 9.52. The van der Waals surface area contributed by atoms with Gasteiger partial charge < -0.3 is 4.98 Å². The van der Waals surface area contributed by atoms with Gasteiger partial charge in [0.2, 0.25) is 0 Å². The van der Waals surface area contributed by atoms with Crippen molar-refractivity contribution in [3.05, 3.63) is 68.0 Å². The van der Waals surface area contributed by atoms with Gasteiger partial charge in [0.1, 0.15) is 0 Å². The van der Waals surface area contributed by atoms with Crippen molar-refractivity contribution >= 4 is 5.78 Å². The summed E-state index contributed by atoms with van der Waals surface area (Å²) in [5.74, 6) is -0.403. The third-order valence-electron chi connectivity index (χ3n) is 2.86. The summed E-state index contributed by atoms with van der Waals surface area (Å²) in [6.07, 6.45) is 1.13. The summed E-state index contributed by atoms with van der Waals surface area (Å²) in [4.78, 5) is 37.4. The number of Topliss-reactive ketones (excluding diaryl/α,β-unsaturated/α-hetero) is 1. The van der Waals surface area contributed by atoms with E-state index in [0.29, 0.717) is 11.1 Å². The minimum atomic E-state index is -0.620. The number of hydrogen-bond donors (Lipinski definition) is 1. The number of aromatic amines is 1. The molecule has 20 heavy (non-hydrogen) atoms. The molecule has 0 saturated heterocycles. The summed E-state index contributed by atoms with van der Waals surface area (Å²) in [5.41, 5.74) is -0.0713. The first-order valence-corrected chi connectivity index (χ1v) is 5.85. The van der Waals surface area contributed by atoms with Crippen molar-refractivity contribution in [1.29, 1.82) is 5.26 Å². The second kappa shape index (κ2) is 5.36. The highest BCUT2D eigenvalue weighted by molar-refractivity contribution is 5.93. The molecule has 0 spiro atoms. The number of aromatic nitrogens is 2. The van der Waals surface area contributed by atoms with E-state index in [4.69, 9.17) is 5.26 Å². The molecule has 0 aliphatic rings. The van der Waals surface area contributed by atoms with Crippen LogP contribution in [-0.2, 0) is 6.54 Å². The number of ketones is 1. The standard InChI is InChI=1S/C14H11N3O3/c1-9(18)12-7-16-14(20)17(13(12)19)8-11-4-2-10(6-15)3-5-11/h2-5,7H,8H2,1H3,(H,16,20). The summed E-state index contributed by atoms with van der Waals surface area (Å²) >= 11 is 0. The number of carbonyl (C=O) groups is 1. The van der Waals surface area contributed by atoms with E-state index in [1.54, 1.807) is 24.3 Å². The topological polar surface area (TPSA) is 95.7 Å². The zero-order chi connectivity index (χ0) is 14.7. The van der Waals surface area contributed by atoms with Gasteiger partial charge in [-0.25, -0.2) is 4.79 Å². The van der Waals surface area contributed by atoms with Gasteiger partial charge in [0.15, 0.2) is 5.78 Å². The second-order valence-corrected chi connectivity index (χ2v) is 4.26. The fraction of sp³-hybridized carbons (Fsp3) is 0.143. The maximum absolute atomic E-state index is 12.0. The first-order valence-electron chi connectivity index (χ1n) is 5.85. The molecule has 0 atom stereocenters. The van der Waals surface area contributed by atoms with Gasteiger partial charge in [0, 0.05) is 6.20 Å². The first kappa shape index (κ1) is 13.5. The van der Waals surface area contributed by atoms with Crippen LogP contribution in [0.3, 0.4) is 0 Å². The van der Waals surface area contributed by atoms with Crippen LogP contribution in [-0.4, -0.2) is 15.3 Å². The molecule has 0 saturated carbocycles. The van der Waals surface area contributed by atoms with Gasteiger partial charge in [-0.1, -0.05) is 12.1 Å². The number of carbonyl (C=O) groups excluding carboxylic acids is 1. The summed E-state index contributed by atoms with van der Waals surface area (Å²) < 4.78 is 0.956. The van der Waals surface area contributed by atoms with Gasteiger partial charge in [-0.05, 0) is 24.6 Å². The van der Waals surface area contributed by atoms with Gasteiger partial charge in [0.25, 0.3) is 5.56 Å². The molecule has 0 aliphatic carbocycles. The van der Waals surface area contributed by atoms with Crippen LogP contribution in [0.15, 0.2) is 40.1 Å². The van der Waals surface area contributed by atoms with Crippen LogP contribution in [0.2, 0.25) is 0 Å². The molecule has 0 bridgehead atoms. The Morgan fingerprint density at radius 3 is 2.50 bits per heavy atom. The Morgan fingerprint density at radius 1 is 1.30 bits per heavy atom. The SMILES string of the molecule is CC(=O)c1c[nH]c(=O)n(Cc2ccc(C#N)cc2)c1=O. The molecule has 0 fully saturated rings. The van der Waals surface area contributed by atoms with Gasteiger partial charge in [0.05, 0.1) is 23.7 Å². The lowest BCUT2D eigenvalue weighted by Crippen LogP contribution is -2.37. The molecule has 0 amide bonds. The van der Waals surface area contributed by atoms with Crippen LogP contribution in [0.5, 0.6) is 0 Å². The third-order valence-corrected chi connectivity index (χ3v) is 2.86. The van der Waals surface area contributed by atoms with E-state index in [9.17, 15) is 14.4 Å². The summed E-state index contributed by atoms with van der Waals surface area (Å²) in [5, 5.41) is 8.71. The molecular formula is C14H11N3O3. The summed E-state index contributed by atoms with van der Waals surface area (Å²) in [7, 11) is 0. The molecule has 100 valence electrons. The van der Waals surface area contributed by atoms with Crippen molar-refractivity contribution in [3.63, 3.8) is 0 Å². The minimum Gasteiger partial charge on any atom is -0.313 e. The average molecular weight is 269 g/mol. The molecular weight excluding hydrogens is 258 g/mol.